The van der Waals surface area contributed by atoms with Crippen LogP contribution in [0, 0.1) is 0 Å². The molecule has 0 aliphatic carbocycles. The maximum atomic E-state index is 12.6. The van der Waals surface area contributed by atoms with Crippen molar-refractivity contribution in [3.8, 4) is 0 Å². The third-order valence-electron chi connectivity index (χ3n) is 1.99. The van der Waals surface area contributed by atoms with Gasteiger partial charge in [0.05, 0.1) is 5.56 Å². The summed E-state index contributed by atoms with van der Waals surface area (Å²) in [6, 6.07) is 5.38. The molecular weight excluding hydrogens is 269 g/mol. The summed E-state index contributed by atoms with van der Waals surface area (Å²) in [6.45, 7) is 2.44. The molecule has 0 saturated heterocycles. The topological polar surface area (TPSA) is 26.3 Å². The Morgan fingerprint density at radius 1 is 1.17 bits per heavy atom. The van der Waals surface area contributed by atoms with Crippen LogP contribution in [-0.4, -0.2) is 12.1 Å². The number of carbonyl (C=O) groups excluding carboxylic acids is 1. The minimum Gasteiger partial charge on any atom is -0.418 e. The third kappa shape index (κ3) is 3.77. The lowest BCUT2D eigenvalue weighted by Gasteiger charge is -2.13. The lowest BCUT2D eigenvalue weighted by molar-refractivity contribution is -0.123. The SMILES string of the molecule is CC(C)=C(OC(=O)c1ccc(Cl)cc1)C(F)(F)F. The minimum absolute atomic E-state index is 0.00222. The Kier molecular flexibility index (Phi) is 4.40. The molecule has 0 atom stereocenters. The van der Waals surface area contributed by atoms with Crippen LogP contribution in [0.5, 0.6) is 0 Å². The molecule has 6 heteroatoms. The molecule has 0 aromatic heterocycles. The van der Waals surface area contributed by atoms with E-state index in [1.165, 1.54) is 38.1 Å². The molecule has 1 rings (SSSR count). The van der Waals surface area contributed by atoms with Gasteiger partial charge in [0, 0.05) is 5.02 Å². The molecule has 0 fully saturated rings. The molecular formula is C12H10ClF3O2. The Hall–Kier alpha value is -1.49. The van der Waals surface area contributed by atoms with E-state index in [1.807, 2.05) is 0 Å². The smallest absolute Gasteiger partial charge is 0.418 e. The van der Waals surface area contributed by atoms with Gasteiger partial charge in [-0.1, -0.05) is 11.6 Å². The van der Waals surface area contributed by atoms with E-state index in [1.54, 1.807) is 0 Å². The fourth-order valence-corrected chi connectivity index (χ4v) is 1.31. The molecule has 0 radical (unpaired) electrons. The van der Waals surface area contributed by atoms with Crippen molar-refractivity contribution in [2.75, 3.05) is 0 Å². The molecule has 0 saturated carbocycles. The lowest BCUT2D eigenvalue weighted by Crippen LogP contribution is -2.19. The van der Waals surface area contributed by atoms with E-state index in [0.717, 1.165) is 0 Å². The molecule has 2 nitrogen and oxygen atoms in total. The second-order valence-electron chi connectivity index (χ2n) is 3.72. The lowest BCUT2D eigenvalue weighted by atomic mass is 10.2. The van der Waals surface area contributed by atoms with Gasteiger partial charge in [-0.25, -0.2) is 4.79 Å². The summed E-state index contributed by atoms with van der Waals surface area (Å²) in [5.74, 6) is -2.36. The Labute approximate surface area is 107 Å². The molecule has 0 bridgehead atoms. The van der Waals surface area contributed by atoms with Crippen molar-refractivity contribution in [1.29, 1.82) is 0 Å². The fourth-order valence-electron chi connectivity index (χ4n) is 1.18. The number of carbonyl (C=O) groups is 1. The van der Waals surface area contributed by atoms with Crippen LogP contribution in [0.3, 0.4) is 0 Å². The van der Waals surface area contributed by atoms with Crippen molar-refractivity contribution < 1.29 is 22.7 Å². The maximum absolute atomic E-state index is 12.6. The highest BCUT2D eigenvalue weighted by molar-refractivity contribution is 6.30. The van der Waals surface area contributed by atoms with Gasteiger partial charge in [0.15, 0.2) is 0 Å². The standard InChI is InChI=1S/C12H10ClF3O2/c1-7(2)10(12(14,15)16)18-11(17)8-3-5-9(13)6-4-8/h3-6H,1-2H3. The molecule has 98 valence electrons. The van der Waals surface area contributed by atoms with Crippen molar-refractivity contribution in [1.82, 2.24) is 0 Å². The van der Waals surface area contributed by atoms with Crippen LogP contribution in [0.25, 0.3) is 0 Å². The molecule has 0 amide bonds. The van der Waals surface area contributed by atoms with E-state index in [2.05, 4.69) is 4.74 Å². The molecule has 1 aromatic carbocycles. The number of benzene rings is 1. The summed E-state index contributed by atoms with van der Waals surface area (Å²) in [5, 5.41) is 0.379. The van der Waals surface area contributed by atoms with Crippen molar-refractivity contribution >= 4 is 17.6 Å². The van der Waals surface area contributed by atoms with Crippen LogP contribution in [0.2, 0.25) is 5.02 Å². The molecule has 0 spiro atoms. The predicted molar refractivity (Wildman–Crippen MR) is 61.3 cm³/mol. The highest BCUT2D eigenvalue weighted by atomic mass is 35.5. The zero-order valence-electron chi connectivity index (χ0n) is 9.64. The number of allylic oxidation sites excluding steroid dienone is 2. The second kappa shape index (κ2) is 5.44. The molecule has 0 heterocycles. The zero-order chi connectivity index (χ0) is 13.9. The van der Waals surface area contributed by atoms with Crippen LogP contribution in [0.4, 0.5) is 13.2 Å². The maximum Gasteiger partial charge on any atom is 0.449 e. The quantitative estimate of drug-likeness (QED) is 0.594. The number of rotatable bonds is 2. The van der Waals surface area contributed by atoms with Gasteiger partial charge < -0.3 is 4.74 Å². The Bertz CT molecular complexity index is 471. The van der Waals surface area contributed by atoms with E-state index in [0.29, 0.717) is 5.02 Å². The first-order valence-electron chi connectivity index (χ1n) is 4.94. The van der Waals surface area contributed by atoms with Crippen molar-refractivity contribution in [2.45, 2.75) is 20.0 Å². The van der Waals surface area contributed by atoms with Crippen molar-refractivity contribution in [2.24, 2.45) is 0 Å². The second-order valence-corrected chi connectivity index (χ2v) is 4.16. The Morgan fingerprint density at radius 3 is 2.06 bits per heavy atom. The first-order valence-corrected chi connectivity index (χ1v) is 5.32. The molecule has 0 N–H and O–H groups in total. The number of alkyl halides is 3. The van der Waals surface area contributed by atoms with Crippen LogP contribution < -0.4 is 0 Å². The first kappa shape index (κ1) is 14.6. The third-order valence-corrected chi connectivity index (χ3v) is 2.24. The number of esters is 1. The van der Waals surface area contributed by atoms with Crippen LogP contribution in [-0.2, 0) is 4.74 Å². The van der Waals surface area contributed by atoms with Crippen molar-refractivity contribution in [3.63, 3.8) is 0 Å². The Balaban J connectivity index is 2.94. The van der Waals surface area contributed by atoms with Gasteiger partial charge in [0.25, 0.3) is 0 Å². The average Bonchev–Trinajstić information content (AvgIpc) is 2.24. The highest BCUT2D eigenvalue weighted by Gasteiger charge is 2.38. The normalized spacial score (nSPS) is 11.0. The van der Waals surface area contributed by atoms with E-state index in [4.69, 9.17) is 11.6 Å². The average molecular weight is 279 g/mol. The van der Waals surface area contributed by atoms with Gasteiger partial charge in [-0.05, 0) is 43.7 Å². The highest BCUT2D eigenvalue weighted by Crippen LogP contribution is 2.29. The Morgan fingerprint density at radius 2 is 1.67 bits per heavy atom. The van der Waals surface area contributed by atoms with E-state index in [-0.39, 0.29) is 11.1 Å². The van der Waals surface area contributed by atoms with Crippen LogP contribution in [0.15, 0.2) is 35.6 Å². The summed E-state index contributed by atoms with van der Waals surface area (Å²) in [5.41, 5.74) is -0.118. The first-order chi connectivity index (χ1) is 8.21. The van der Waals surface area contributed by atoms with Crippen molar-refractivity contribution in [3.05, 3.63) is 46.2 Å². The summed E-state index contributed by atoms with van der Waals surface area (Å²) in [6.07, 6.45) is -4.69. The van der Waals surface area contributed by atoms with Gasteiger partial charge in [-0.3, -0.25) is 0 Å². The molecule has 0 aliphatic rings. The van der Waals surface area contributed by atoms with Gasteiger partial charge in [-0.2, -0.15) is 13.2 Å². The molecule has 18 heavy (non-hydrogen) atoms. The van der Waals surface area contributed by atoms with Crippen LogP contribution >= 0.6 is 11.6 Å². The summed E-state index contributed by atoms with van der Waals surface area (Å²) in [7, 11) is 0. The molecule has 0 unspecified atom stereocenters. The van der Waals surface area contributed by atoms with Crippen LogP contribution in [0.1, 0.15) is 24.2 Å². The predicted octanol–water partition coefficient (Wildman–Crippen LogP) is 4.35. The summed E-state index contributed by atoms with van der Waals surface area (Å²) < 4.78 is 42.0. The van der Waals surface area contributed by atoms with Gasteiger partial charge in [-0.15, -0.1) is 0 Å². The molecule has 1 aromatic rings. The van der Waals surface area contributed by atoms with E-state index < -0.39 is 17.9 Å². The summed E-state index contributed by atoms with van der Waals surface area (Å²) in [4.78, 5) is 11.5. The van der Waals surface area contributed by atoms with Gasteiger partial charge in [0.2, 0.25) is 5.76 Å². The fraction of sp³-hybridized carbons (Fsp3) is 0.250. The largest absolute Gasteiger partial charge is 0.449 e. The number of ether oxygens (including phenoxy) is 1. The zero-order valence-corrected chi connectivity index (χ0v) is 10.4. The van der Waals surface area contributed by atoms with E-state index >= 15 is 0 Å². The number of hydrogen-bond acceptors (Lipinski definition) is 2. The minimum atomic E-state index is -4.69. The van der Waals surface area contributed by atoms with Gasteiger partial charge in [0.1, 0.15) is 0 Å². The number of halogens is 4. The van der Waals surface area contributed by atoms with Gasteiger partial charge >= 0.3 is 12.1 Å². The summed E-state index contributed by atoms with van der Waals surface area (Å²) >= 11 is 5.60. The molecule has 0 aliphatic heterocycles. The number of hydrogen-bond donors (Lipinski definition) is 0. The van der Waals surface area contributed by atoms with E-state index in [9.17, 15) is 18.0 Å². The monoisotopic (exact) mass is 278 g/mol.